The van der Waals surface area contributed by atoms with Crippen LogP contribution in [0.2, 0.25) is 0 Å². The number of carbonyl (C=O) groups excluding carboxylic acids is 2. The Morgan fingerprint density at radius 2 is 1.91 bits per heavy atom. The average Bonchev–Trinajstić information content (AvgIpc) is 3.36. The second kappa shape index (κ2) is 9.00. The summed E-state index contributed by atoms with van der Waals surface area (Å²) in [7, 11) is 0. The van der Waals surface area contributed by atoms with E-state index in [1.807, 2.05) is 61.5 Å². The van der Waals surface area contributed by atoms with Crippen molar-refractivity contribution < 1.29 is 14.1 Å². The Balaban J connectivity index is 1.59. The number of hydrogen-bond acceptors (Lipinski definition) is 6. The minimum absolute atomic E-state index is 0.0886. The molecule has 1 fully saturated rings. The maximum Gasteiger partial charge on any atom is 0.326 e. The summed E-state index contributed by atoms with van der Waals surface area (Å²) < 4.78 is 14.9. The fraction of sp³-hybridized carbons (Fsp3) is 0.0833. The van der Waals surface area contributed by atoms with Gasteiger partial charge in [0, 0.05) is 28.0 Å². The van der Waals surface area contributed by atoms with Crippen LogP contribution in [0.25, 0.3) is 11.7 Å². The predicted octanol–water partition coefficient (Wildman–Crippen LogP) is 3.27. The van der Waals surface area contributed by atoms with E-state index in [9.17, 15) is 14.1 Å². The molecule has 3 heterocycles. The van der Waals surface area contributed by atoms with E-state index in [0.29, 0.717) is 27.8 Å². The maximum atomic E-state index is 13.4. The minimum Gasteiger partial charge on any atom is -0.610 e. The van der Waals surface area contributed by atoms with Crippen molar-refractivity contribution >= 4 is 46.3 Å². The van der Waals surface area contributed by atoms with Crippen molar-refractivity contribution in [3.63, 3.8) is 0 Å². The third-order valence-corrected chi connectivity index (χ3v) is 6.50. The van der Waals surface area contributed by atoms with Crippen LogP contribution < -0.4 is 16.0 Å². The standard InChI is InChI=1S/C24H20N6O3S/c1-15-6-5-9-18(10-15)26-20-12-21(34(33)14-16-7-3-2-4-8-16)30-22(28-20)17(13-25-30)11-19-23(31)29-24(32)27-19/h2-13H,14H2,1H3,(H,26,28)(H2,27,29,31,32)/b19-11-. The number of amides is 3. The van der Waals surface area contributed by atoms with E-state index < -0.39 is 23.1 Å². The van der Waals surface area contributed by atoms with Gasteiger partial charge in [0.25, 0.3) is 10.9 Å². The van der Waals surface area contributed by atoms with Crippen LogP contribution in [0, 0.1) is 6.92 Å². The lowest BCUT2D eigenvalue weighted by Gasteiger charge is -2.14. The molecular weight excluding hydrogens is 452 g/mol. The van der Waals surface area contributed by atoms with Gasteiger partial charge in [-0.3, -0.25) is 10.1 Å². The Morgan fingerprint density at radius 1 is 1.09 bits per heavy atom. The maximum absolute atomic E-state index is 13.4. The lowest BCUT2D eigenvalue weighted by atomic mass is 10.2. The number of imide groups is 1. The first kappa shape index (κ1) is 21.7. The molecule has 4 aromatic rings. The number of nitrogens with zero attached hydrogens (tertiary/aromatic N) is 3. The molecule has 1 saturated heterocycles. The molecule has 0 bridgehead atoms. The molecule has 3 N–H and O–H groups in total. The summed E-state index contributed by atoms with van der Waals surface area (Å²) in [6.45, 7) is 1.99. The van der Waals surface area contributed by atoms with Gasteiger partial charge in [0.05, 0.1) is 12.3 Å². The van der Waals surface area contributed by atoms with Crippen molar-refractivity contribution in [3.8, 4) is 0 Å². The van der Waals surface area contributed by atoms with Gasteiger partial charge in [-0.2, -0.15) is 9.61 Å². The van der Waals surface area contributed by atoms with Crippen LogP contribution in [-0.2, 0) is 21.7 Å². The molecule has 1 atom stereocenters. The molecule has 170 valence electrons. The van der Waals surface area contributed by atoms with E-state index in [0.717, 1.165) is 16.8 Å². The number of urea groups is 1. The molecule has 34 heavy (non-hydrogen) atoms. The molecule has 9 nitrogen and oxygen atoms in total. The number of benzene rings is 2. The third-order valence-electron chi connectivity index (χ3n) is 5.15. The van der Waals surface area contributed by atoms with Crippen molar-refractivity contribution in [1.82, 2.24) is 25.2 Å². The van der Waals surface area contributed by atoms with Crippen LogP contribution in [0.15, 0.2) is 77.6 Å². The fourth-order valence-electron chi connectivity index (χ4n) is 3.59. The van der Waals surface area contributed by atoms with Gasteiger partial charge < -0.3 is 15.2 Å². The van der Waals surface area contributed by atoms with Crippen molar-refractivity contribution in [2.24, 2.45) is 0 Å². The highest BCUT2D eigenvalue weighted by Gasteiger charge is 2.25. The summed E-state index contributed by atoms with van der Waals surface area (Å²) >= 11 is -1.43. The van der Waals surface area contributed by atoms with Crippen molar-refractivity contribution in [3.05, 3.63) is 89.2 Å². The van der Waals surface area contributed by atoms with Crippen LogP contribution in [0.3, 0.4) is 0 Å². The fourth-order valence-corrected chi connectivity index (χ4v) is 4.80. The van der Waals surface area contributed by atoms with Crippen LogP contribution in [0.5, 0.6) is 0 Å². The molecule has 0 aliphatic carbocycles. The summed E-state index contributed by atoms with van der Waals surface area (Å²) in [6, 6.07) is 18.5. The topological polar surface area (TPSA) is 123 Å². The van der Waals surface area contributed by atoms with Gasteiger partial charge >= 0.3 is 6.03 Å². The number of fused-ring (bicyclic) bond motifs is 1. The molecule has 1 aliphatic rings. The lowest BCUT2D eigenvalue weighted by molar-refractivity contribution is -0.115. The lowest BCUT2D eigenvalue weighted by Crippen LogP contribution is -2.22. The number of rotatable bonds is 6. The molecule has 3 amide bonds. The van der Waals surface area contributed by atoms with E-state index in [1.54, 1.807) is 6.07 Å². The second-order valence-electron chi connectivity index (χ2n) is 7.75. The van der Waals surface area contributed by atoms with E-state index in [-0.39, 0.29) is 5.70 Å². The van der Waals surface area contributed by atoms with Gasteiger partial charge in [-0.1, -0.05) is 42.5 Å². The zero-order valence-electron chi connectivity index (χ0n) is 18.1. The number of aromatic nitrogens is 3. The van der Waals surface area contributed by atoms with Gasteiger partial charge in [-0.15, -0.1) is 0 Å². The molecule has 0 saturated carbocycles. The van der Waals surface area contributed by atoms with Gasteiger partial charge in [-0.25, -0.2) is 9.78 Å². The first-order valence-corrected chi connectivity index (χ1v) is 11.8. The quantitative estimate of drug-likeness (QED) is 0.171. The Labute approximate surface area is 198 Å². The van der Waals surface area contributed by atoms with Crippen LogP contribution in [0.4, 0.5) is 16.3 Å². The van der Waals surface area contributed by atoms with Crippen LogP contribution >= 0.6 is 0 Å². The summed E-state index contributed by atoms with van der Waals surface area (Å²) in [5, 5.41) is 12.7. The molecular formula is C24H20N6O3S. The first-order chi connectivity index (χ1) is 16.5. The zero-order chi connectivity index (χ0) is 23.7. The number of carbonyl (C=O) groups is 2. The normalized spacial score (nSPS) is 15.4. The van der Waals surface area contributed by atoms with Gasteiger partial charge in [0.2, 0.25) is 0 Å². The van der Waals surface area contributed by atoms with E-state index in [4.69, 9.17) is 0 Å². The van der Waals surface area contributed by atoms with E-state index in [1.165, 1.54) is 16.8 Å². The van der Waals surface area contributed by atoms with E-state index >= 15 is 0 Å². The molecule has 5 rings (SSSR count). The van der Waals surface area contributed by atoms with Gasteiger partial charge in [0.15, 0.2) is 5.65 Å². The Hall–Kier alpha value is -4.15. The highest BCUT2D eigenvalue weighted by atomic mass is 32.2. The van der Waals surface area contributed by atoms with Crippen LogP contribution in [-0.4, -0.2) is 31.1 Å². The average molecular weight is 473 g/mol. The molecule has 2 aromatic carbocycles. The van der Waals surface area contributed by atoms with Gasteiger partial charge in [0.1, 0.15) is 17.3 Å². The SMILES string of the molecule is Cc1cccc(Nc2cc([S+]([O-])Cc3ccccc3)n3ncc(/C=C4\NC(=O)NC4=O)c3n2)c1. The number of hydrogen-bond donors (Lipinski definition) is 3. The summed E-state index contributed by atoms with van der Waals surface area (Å²) in [6.07, 6.45) is 3.02. The van der Waals surface area contributed by atoms with E-state index in [2.05, 4.69) is 26.0 Å². The number of anilines is 2. The highest BCUT2D eigenvalue weighted by molar-refractivity contribution is 7.90. The molecule has 1 unspecified atom stereocenters. The smallest absolute Gasteiger partial charge is 0.326 e. The van der Waals surface area contributed by atoms with Crippen LogP contribution in [0.1, 0.15) is 16.7 Å². The largest absolute Gasteiger partial charge is 0.610 e. The summed E-state index contributed by atoms with van der Waals surface area (Å²) in [4.78, 5) is 28.1. The monoisotopic (exact) mass is 472 g/mol. The first-order valence-electron chi connectivity index (χ1n) is 10.4. The third kappa shape index (κ3) is 4.49. The molecule has 0 spiro atoms. The predicted molar refractivity (Wildman–Crippen MR) is 129 cm³/mol. The number of nitrogens with one attached hydrogen (secondary N) is 3. The Kier molecular flexibility index (Phi) is 5.74. The summed E-state index contributed by atoms with van der Waals surface area (Å²) in [5.74, 6) is 0.249. The highest BCUT2D eigenvalue weighted by Crippen LogP contribution is 2.25. The second-order valence-corrected chi connectivity index (χ2v) is 9.15. The zero-order valence-corrected chi connectivity index (χ0v) is 18.9. The van der Waals surface area contributed by atoms with Crippen molar-refractivity contribution in [2.75, 3.05) is 5.32 Å². The van der Waals surface area contributed by atoms with Crippen molar-refractivity contribution in [1.29, 1.82) is 0 Å². The molecule has 0 radical (unpaired) electrons. The molecule has 2 aromatic heterocycles. The summed E-state index contributed by atoms with van der Waals surface area (Å²) in [5.41, 5.74) is 3.83. The van der Waals surface area contributed by atoms with Gasteiger partial charge in [-0.05, 0) is 30.7 Å². The minimum atomic E-state index is -1.43. The number of aryl methyl sites for hydroxylation is 1. The Morgan fingerprint density at radius 3 is 2.65 bits per heavy atom. The Bertz CT molecular complexity index is 1430. The van der Waals surface area contributed by atoms with Crippen molar-refractivity contribution in [2.45, 2.75) is 17.7 Å². The molecule has 10 heteroatoms. The molecule has 1 aliphatic heterocycles.